The van der Waals surface area contributed by atoms with Crippen LogP contribution in [0.4, 0.5) is 10.1 Å². The van der Waals surface area contributed by atoms with Crippen LogP contribution in [0.5, 0.6) is 0 Å². The third-order valence-corrected chi connectivity index (χ3v) is 4.36. The Hall–Kier alpha value is -2.24. The standard InChI is InChI=1S/C20H23FN2O2/c1-14(24)22-18-4-2-3-15(11-18)12-23(19-9-10-19)13-20(25)16-5-7-17(21)8-6-16/h2-8,11,19-20,25H,9-10,12-13H2,1H3,(H,22,24)/t20-/m1/s1. The lowest BCUT2D eigenvalue weighted by Crippen LogP contribution is -2.30. The molecule has 0 saturated heterocycles. The minimum atomic E-state index is -0.653. The van der Waals surface area contributed by atoms with E-state index in [0.717, 1.165) is 29.7 Å². The van der Waals surface area contributed by atoms with Gasteiger partial charge in [0.05, 0.1) is 6.10 Å². The summed E-state index contributed by atoms with van der Waals surface area (Å²) in [5.74, 6) is -0.396. The van der Waals surface area contributed by atoms with E-state index in [2.05, 4.69) is 10.2 Å². The van der Waals surface area contributed by atoms with Gasteiger partial charge in [-0.1, -0.05) is 24.3 Å². The van der Waals surface area contributed by atoms with Crippen LogP contribution in [0.3, 0.4) is 0 Å². The third kappa shape index (κ3) is 5.11. The van der Waals surface area contributed by atoms with E-state index in [9.17, 15) is 14.3 Å². The molecule has 0 heterocycles. The van der Waals surface area contributed by atoms with Crippen LogP contribution in [0.2, 0.25) is 0 Å². The Morgan fingerprint density at radius 3 is 2.64 bits per heavy atom. The molecule has 25 heavy (non-hydrogen) atoms. The van der Waals surface area contributed by atoms with Crippen molar-refractivity contribution in [3.8, 4) is 0 Å². The highest BCUT2D eigenvalue weighted by Gasteiger charge is 2.30. The SMILES string of the molecule is CC(=O)Nc1cccc(CN(C[C@@H](O)c2ccc(F)cc2)C2CC2)c1. The molecule has 0 spiro atoms. The molecule has 1 atom stereocenters. The van der Waals surface area contributed by atoms with Crippen molar-refractivity contribution in [2.24, 2.45) is 0 Å². The molecule has 0 radical (unpaired) electrons. The van der Waals surface area contributed by atoms with Gasteiger partial charge in [-0.05, 0) is 48.2 Å². The van der Waals surface area contributed by atoms with Crippen LogP contribution < -0.4 is 5.32 Å². The van der Waals surface area contributed by atoms with Crippen molar-refractivity contribution in [2.75, 3.05) is 11.9 Å². The summed E-state index contributed by atoms with van der Waals surface area (Å²) in [7, 11) is 0. The van der Waals surface area contributed by atoms with Crippen LogP contribution in [-0.4, -0.2) is 28.5 Å². The fourth-order valence-electron chi connectivity index (χ4n) is 2.98. The lowest BCUT2D eigenvalue weighted by Gasteiger charge is -2.25. The number of hydrogen-bond acceptors (Lipinski definition) is 3. The number of halogens is 1. The fourth-order valence-corrected chi connectivity index (χ4v) is 2.98. The van der Waals surface area contributed by atoms with Crippen LogP contribution in [-0.2, 0) is 11.3 Å². The average molecular weight is 342 g/mol. The van der Waals surface area contributed by atoms with Gasteiger partial charge in [-0.3, -0.25) is 9.69 Å². The molecule has 0 unspecified atom stereocenters. The molecular weight excluding hydrogens is 319 g/mol. The number of rotatable bonds is 7. The molecule has 0 aliphatic heterocycles. The summed E-state index contributed by atoms with van der Waals surface area (Å²) in [5.41, 5.74) is 2.59. The molecule has 132 valence electrons. The molecule has 1 amide bonds. The quantitative estimate of drug-likeness (QED) is 0.810. The van der Waals surface area contributed by atoms with Crippen molar-refractivity contribution in [2.45, 2.75) is 38.5 Å². The fraction of sp³-hybridized carbons (Fsp3) is 0.350. The van der Waals surface area contributed by atoms with Gasteiger partial charge in [0.1, 0.15) is 5.82 Å². The summed E-state index contributed by atoms with van der Waals surface area (Å²) in [6.07, 6.45) is 1.60. The number of benzene rings is 2. The first-order valence-corrected chi connectivity index (χ1v) is 8.55. The Bertz CT molecular complexity index is 729. The van der Waals surface area contributed by atoms with Gasteiger partial charge in [-0.2, -0.15) is 0 Å². The van der Waals surface area contributed by atoms with Crippen molar-refractivity contribution in [1.82, 2.24) is 4.90 Å². The molecule has 1 saturated carbocycles. The molecule has 2 N–H and O–H groups in total. The second-order valence-electron chi connectivity index (χ2n) is 6.61. The molecular formula is C20H23FN2O2. The van der Waals surface area contributed by atoms with E-state index in [1.165, 1.54) is 19.1 Å². The predicted octanol–water partition coefficient (Wildman–Crippen LogP) is 3.48. The van der Waals surface area contributed by atoms with Crippen molar-refractivity contribution < 1.29 is 14.3 Å². The first-order valence-electron chi connectivity index (χ1n) is 8.55. The minimum Gasteiger partial charge on any atom is -0.387 e. The van der Waals surface area contributed by atoms with Gasteiger partial charge >= 0.3 is 0 Å². The molecule has 1 aliphatic rings. The predicted molar refractivity (Wildman–Crippen MR) is 95.5 cm³/mol. The van der Waals surface area contributed by atoms with Crippen molar-refractivity contribution in [3.05, 3.63) is 65.5 Å². The molecule has 1 aliphatic carbocycles. The number of amides is 1. The van der Waals surface area contributed by atoms with E-state index in [1.807, 2.05) is 24.3 Å². The number of anilines is 1. The Morgan fingerprint density at radius 1 is 1.28 bits per heavy atom. The molecule has 2 aromatic carbocycles. The zero-order chi connectivity index (χ0) is 17.8. The van der Waals surface area contributed by atoms with Gasteiger partial charge in [-0.25, -0.2) is 4.39 Å². The normalized spacial score (nSPS) is 15.2. The Balaban J connectivity index is 1.67. The number of carbonyl (C=O) groups excluding carboxylic acids is 1. The molecule has 3 rings (SSSR count). The second-order valence-corrected chi connectivity index (χ2v) is 6.61. The maximum atomic E-state index is 13.0. The summed E-state index contributed by atoms with van der Waals surface area (Å²) in [6, 6.07) is 14.2. The smallest absolute Gasteiger partial charge is 0.221 e. The highest BCUT2D eigenvalue weighted by Crippen LogP contribution is 2.30. The molecule has 1 fully saturated rings. The van der Waals surface area contributed by atoms with E-state index in [4.69, 9.17) is 0 Å². The van der Waals surface area contributed by atoms with Crippen LogP contribution >= 0.6 is 0 Å². The lowest BCUT2D eigenvalue weighted by atomic mass is 10.1. The number of hydrogen-bond donors (Lipinski definition) is 2. The average Bonchev–Trinajstić information content (AvgIpc) is 3.39. The summed E-state index contributed by atoms with van der Waals surface area (Å²) in [5, 5.41) is 13.3. The lowest BCUT2D eigenvalue weighted by molar-refractivity contribution is -0.114. The van der Waals surface area contributed by atoms with E-state index >= 15 is 0 Å². The summed E-state index contributed by atoms with van der Waals surface area (Å²) < 4.78 is 13.0. The van der Waals surface area contributed by atoms with Crippen LogP contribution in [0.1, 0.15) is 37.0 Å². The van der Waals surface area contributed by atoms with Gasteiger partial charge in [0.15, 0.2) is 0 Å². The summed E-state index contributed by atoms with van der Waals surface area (Å²) >= 11 is 0. The maximum Gasteiger partial charge on any atom is 0.221 e. The van der Waals surface area contributed by atoms with Gasteiger partial charge in [0.2, 0.25) is 5.91 Å². The zero-order valence-electron chi connectivity index (χ0n) is 14.3. The Kier molecular flexibility index (Phi) is 5.46. The van der Waals surface area contributed by atoms with Gasteiger partial charge < -0.3 is 10.4 Å². The zero-order valence-corrected chi connectivity index (χ0v) is 14.3. The van der Waals surface area contributed by atoms with Crippen LogP contribution in [0.25, 0.3) is 0 Å². The number of aliphatic hydroxyl groups excluding tert-OH is 1. The summed E-state index contributed by atoms with van der Waals surface area (Å²) in [4.78, 5) is 13.5. The van der Waals surface area contributed by atoms with Gasteiger partial charge in [-0.15, -0.1) is 0 Å². The molecule has 2 aromatic rings. The number of nitrogens with one attached hydrogen (secondary N) is 1. The monoisotopic (exact) mass is 342 g/mol. The number of nitrogens with zero attached hydrogens (tertiary/aromatic N) is 1. The van der Waals surface area contributed by atoms with Crippen LogP contribution in [0.15, 0.2) is 48.5 Å². The van der Waals surface area contributed by atoms with E-state index in [-0.39, 0.29) is 11.7 Å². The Morgan fingerprint density at radius 2 is 2.00 bits per heavy atom. The number of carbonyl (C=O) groups is 1. The minimum absolute atomic E-state index is 0.0945. The van der Waals surface area contributed by atoms with E-state index in [1.54, 1.807) is 12.1 Å². The Labute approximate surface area is 147 Å². The van der Waals surface area contributed by atoms with Crippen molar-refractivity contribution in [3.63, 3.8) is 0 Å². The topological polar surface area (TPSA) is 52.6 Å². The van der Waals surface area contributed by atoms with Gasteiger partial charge in [0.25, 0.3) is 0 Å². The molecule has 0 bridgehead atoms. The van der Waals surface area contributed by atoms with Crippen LogP contribution in [0, 0.1) is 5.82 Å². The maximum absolute atomic E-state index is 13.0. The van der Waals surface area contributed by atoms with Crippen molar-refractivity contribution >= 4 is 11.6 Å². The molecule has 5 heteroatoms. The van der Waals surface area contributed by atoms with E-state index < -0.39 is 6.10 Å². The highest BCUT2D eigenvalue weighted by molar-refractivity contribution is 5.88. The molecule has 4 nitrogen and oxygen atoms in total. The highest BCUT2D eigenvalue weighted by atomic mass is 19.1. The molecule has 0 aromatic heterocycles. The van der Waals surface area contributed by atoms with Crippen molar-refractivity contribution in [1.29, 1.82) is 0 Å². The van der Waals surface area contributed by atoms with Gasteiger partial charge in [0, 0.05) is 31.7 Å². The largest absolute Gasteiger partial charge is 0.387 e. The first kappa shape index (κ1) is 17.6. The first-order chi connectivity index (χ1) is 12.0. The summed E-state index contributed by atoms with van der Waals surface area (Å²) in [6.45, 7) is 2.69. The number of aliphatic hydroxyl groups is 1. The van der Waals surface area contributed by atoms with E-state index in [0.29, 0.717) is 19.1 Å². The second kappa shape index (κ2) is 7.76. The third-order valence-electron chi connectivity index (χ3n) is 4.36.